The molecule has 1 aromatic rings. The van der Waals surface area contributed by atoms with E-state index < -0.39 is 0 Å². The quantitative estimate of drug-likeness (QED) is 0.688. The van der Waals surface area contributed by atoms with Crippen molar-refractivity contribution in [2.75, 3.05) is 25.9 Å². The lowest BCUT2D eigenvalue weighted by Gasteiger charge is -2.36. The summed E-state index contributed by atoms with van der Waals surface area (Å²) in [6.45, 7) is 9.61. The summed E-state index contributed by atoms with van der Waals surface area (Å²) >= 11 is 3.83. The Bertz CT molecular complexity index is 456. The Morgan fingerprint density at radius 2 is 2.40 bits per heavy atom. The second kappa shape index (κ2) is 7.31. The highest BCUT2D eigenvalue weighted by molar-refractivity contribution is 8.00. The molecule has 6 heteroatoms. The molecular formula is C14H24N4S2. The Kier molecular flexibility index (Phi) is 5.72. The summed E-state index contributed by atoms with van der Waals surface area (Å²) in [7, 11) is 1.86. The third-order valence-corrected chi connectivity index (χ3v) is 5.87. The first-order valence-corrected chi connectivity index (χ1v) is 8.95. The van der Waals surface area contributed by atoms with Gasteiger partial charge in [-0.25, -0.2) is 4.98 Å². The zero-order chi connectivity index (χ0) is 14.5. The van der Waals surface area contributed by atoms with Gasteiger partial charge in [0.15, 0.2) is 5.96 Å². The van der Waals surface area contributed by atoms with Crippen molar-refractivity contribution >= 4 is 29.1 Å². The van der Waals surface area contributed by atoms with Gasteiger partial charge in [0.1, 0.15) is 5.01 Å². The Hall–Kier alpha value is -0.750. The van der Waals surface area contributed by atoms with Crippen LogP contribution in [0.2, 0.25) is 0 Å². The van der Waals surface area contributed by atoms with Crippen LogP contribution in [0, 0.1) is 12.8 Å². The van der Waals surface area contributed by atoms with E-state index in [4.69, 9.17) is 0 Å². The first-order valence-electron chi connectivity index (χ1n) is 7.08. The number of nitrogens with one attached hydrogen (secondary N) is 1. The monoisotopic (exact) mass is 312 g/mol. The van der Waals surface area contributed by atoms with Crippen molar-refractivity contribution in [3.63, 3.8) is 0 Å². The van der Waals surface area contributed by atoms with Crippen LogP contribution in [0.3, 0.4) is 0 Å². The van der Waals surface area contributed by atoms with Crippen molar-refractivity contribution in [2.45, 2.75) is 32.6 Å². The van der Waals surface area contributed by atoms with Crippen molar-refractivity contribution in [1.82, 2.24) is 15.2 Å². The molecule has 1 saturated heterocycles. The van der Waals surface area contributed by atoms with Crippen LogP contribution in [-0.4, -0.2) is 47.0 Å². The van der Waals surface area contributed by atoms with Crippen molar-refractivity contribution in [2.24, 2.45) is 10.9 Å². The van der Waals surface area contributed by atoms with E-state index in [1.54, 1.807) is 11.3 Å². The van der Waals surface area contributed by atoms with Crippen molar-refractivity contribution in [3.05, 3.63) is 16.1 Å². The predicted octanol–water partition coefficient (Wildman–Crippen LogP) is 2.60. The minimum Gasteiger partial charge on any atom is -0.350 e. The van der Waals surface area contributed by atoms with Gasteiger partial charge in [-0.05, 0) is 12.8 Å². The van der Waals surface area contributed by atoms with E-state index in [-0.39, 0.29) is 0 Å². The molecule has 0 aliphatic carbocycles. The molecule has 0 saturated carbocycles. The van der Waals surface area contributed by atoms with Gasteiger partial charge in [0.25, 0.3) is 0 Å². The number of aromatic nitrogens is 1. The van der Waals surface area contributed by atoms with E-state index in [2.05, 4.69) is 52.7 Å². The lowest BCUT2D eigenvalue weighted by atomic mass is 10.1. The van der Waals surface area contributed by atoms with Gasteiger partial charge in [0, 0.05) is 42.2 Å². The number of nitrogens with zero attached hydrogens (tertiary/aromatic N) is 3. The van der Waals surface area contributed by atoms with Gasteiger partial charge in [-0.15, -0.1) is 11.3 Å². The number of aryl methyl sites for hydroxylation is 1. The number of hydrogen-bond acceptors (Lipinski definition) is 4. The van der Waals surface area contributed by atoms with Crippen molar-refractivity contribution < 1.29 is 0 Å². The minimum absolute atomic E-state index is 0.699. The molecule has 1 fully saturated rings. The molecule has 1 aliphatic rings. The SMILES string of the molecule is CN=C(NCc1ncc(C)s1)N1CCSC(C(C)C)C1. The van der Waals surface area contributed by atoms with E-state index in [0.29, 0.717) is 11.2 Å². The topological polar surface area (TPSA) is 40.5 Å². The number of thioether (sulfide) groups is 1. The third-order valence-electron chi connectivity index (χ3n) is 3.42. The fraction of sp³-hybridized carbons (Fsp3) is 0.714. The van der Waals surface area contributed by atoms with Gasteiger partial charge in [-0.3, -0.25) is 4.99 Å². The first kappa shape index (κ1) is 15.6. The molecule has 112 valence electrons. The van der Waals surface area contributed by atoms with Crippen LogP contribution >= 0.6 is 23.1 Å². The fourth-order valence-electron chi connectivity index (χ4n) is 2.24. The molecule has 0 spiro atoms. The van der Waals surface area contributed by atoms with Crippen molar-refractivity contribution in [1.29, 1.82) is 0 Å². The Morgan fingerprint density at radius 3 is 3.00 bits per heavy atom. The van der Waals surface area contributed by atoms with Crippen LogP contribution in [0.4, 0.5) is 0 Å². The van der Waals surface area contributed by atoms with E-state index in [1.807, 2.05) is 13.2 Å². The van der Waals surface area contributed by atoms with Gasteiger partial charge in [-0.2, -0.15) is 11.8 Å². The lowest BCUT2D eigenvalue weighted by molar-refractivity contribution is 0.380. The average Bonchev–Trinajstić information content (AvgIpc) is 2.85. The third kappa shape index (κ3) is 4.12. The predicted molar refractivity (Wildman–Crippen MR) is 89.7 cm³/mol. The highest BCUT2D eigenvalue weighted by atomic mass is 32.2. The molecule has 0 amide bonds. The van der Waals surface area contributed by atoms with Crippen LogP contribution in [0.25, 0.3) is 0 Å². The maximum absolute atomic E-state index is 4.43. The van der Waals surface area contributed by atoms with Crippen LogP contribution < -0.4 is 5.32 Å². The Labute approximate surface area is 130 Å². The molecule has 20 heavy (non-hydrogen) atoms. The second-order valence-electron chi connectivity index (χ2n) is 5.36. The first-order chi connectivity index (χ1) is 9.60. The maximum Gasteiger partial charge on any atom is 0.194 e. The normalized spacial score (nSPS) is 20.6. The van der Waals surface area contributed by atoms with Gasteiger partial charge in [0.2, 0.25) is 0 Å². The molecule has 1 aliphatic heterocycles. The number of rotatable bonds is 3. The number of thiazole rings is 1. The van der Waals surface area contributed by atoms with E-state index in [0.717, 1.165) is 30.6 Å². The van der Waals surface area contributed by atoms with E-state index >= 15 is 0 Å². The Balaban J connectivity index is 1.91. The molecule has 4 nitrogen and oxygen atoms in total. The summed E-state index contributed by atoms with van der Waals surface area (Å²) < 4.78 is 0. The molecule has 2 rings (SSSR count). The van der Waals surface area contributed by atoms with Gasteiger partial charge >= 0.3 is 0 Å². The molecule has 2 heterocycles. The maximum atomic E-state index is 4.43. The summed E-state index contributed by atoms with van der Waals surface area (Å²) in [4.78, 5) is 12.4. The average molecular weight is 313 g/mol. The number of aliphatic imine (C=N–C) groups is 1. The summed E-state index contributed by atoms with van der Waals surface area (Å²) in [5.74, 6) is 2.89. The number of guanidine groups is 1. The Morgan fingerprint density at radius 1 is 1.60 bits per heavy atom. The zero-order valence-electron chi connectivity index (χ0n) is 12.7. The molecule has 0 aromatic carbocycles. The van der Waals surface area contributed by atoms with Crippen LogP contribution in [0.15, 0.2) is 11.2 Å². The highest BCUT2D eigenvalue weighted by Gasteiger charge is 2.24. The molecule has 0 bridgehead atoms. The molecule has 1 N–H and O–H groups in total. The molecule has 1 aromatic heterocycles. The standard InChI is InChI=1S/C14H24N4S2/c1-10(2)12-9-18(5-6-19-12)14(15-4)17-8-13-16-7-11(3)20-13/h7,10,12H,5-6,8-9H2,1-4H3,(H,15,17). The lowest BCUT2D eigenvalue weighted by Crippen LogP contribution is -2.48. The van der Waals surface area contributed by atoms with Crippen LogP contribution in [-0.2, 0) is 6.54 Å². The fourth-order valence-corrected chi connectivity index (χ4v) is 4.27. The van der Waals surface area contributed by atoms with Crippen molar-refractivity contribution in [3.8, 4) is 0 Å². The second-order valence-corrected chi connectivity index (χ2v) is 8.03. The molecule has 1 unspecified atom stereocenters. The smallest absolute Gasteiger partial charge is 0.194 e. The summed E-state index contributed by atoms with van der Waals surface area (Å²) in [5, 5.41) is 5.26. The molecule has 1 atom stereocenters. The molecular weight excluding hydrogens is 288 g/mol. The number of hydrogen-bond donors (Lipinski definition) is 1. The van der Waals surface area contributed by atoms with Gasteiger partial charge in [0.05, 0.1) is 6.54 Å². The molecule has 0 radical (unpaired) electrons. The van der Waals surface area contributed by atoms with E-state index in [9.17, 15) is 0 Å². The van der Waals surface area contributed by atoms with Gasteiger partial charge in [-0.1, -0.05) is 13.8 Å². The highest BCUT2D eigenvalue weighted by Crippen LogP contribution is 2.24. The minimum atomic E-state index is 0.699. The van der Waals surface area contributed by atoms with Gasteiger partial charge < -0.3 is 10.2 Å². The summed E-state index contributed by atoms with van der Waals surface area (Å²) in [6, 6.07) is 0. The van der Waals surface area contributed by atoms with Crippen LogP contribution in [0.5, 0.6) is 0 Å². The largest absolute Gasteiger partial charge is 0.350 e. The summed E-state index contributed by atoms with van der Waals surface area (Å²) in [6.07, 6.45) is 1.93. The zero-order valence-corrected chi connectivity index (χ0v) is 14.4. The van der Waals surface area contributed by atoms with E-state index in [1.165, 1.54) is 10.6 Å². The van der Waals surface area contributed by atoms with Crippen LogP contribution in [0.1, 0.15) is 23.7 Å². The summed E-state index contributed by atoms with van der Waals surface area (Å²) in [5.41, 5.74) is 0.